The van der Waals surface area contributed by atoms with Gasteiger partial charge in [-0.15, -0.1) is 12.3 Å². The van der Waals surface area contributed by atoms with Gasteiger partial charge in [0.2, 0.25) is 5.95 Å². The van der Waals surface area contributed by atoms with E-state index in [-0.39, 0.29) is 11.5 Å². The van der Waals surface area contributed by atoms with E-state index in [1.165, 1.54) is 12.3 Å². The van der Waals surface area contributed by atoms with Crippen LogP contribution in [0.2, 0.25) is 0 Å². The van der Waals surface area contributed by atoms with Crippen molar-refractivity contribution < 1.29 is 9.18 Å². The second-order valence-electron chi connectivity index (χ2n) is 2.93. The van der Waals surface area contributed by atoms with Crippen molar-refractivity contribution in [1.82, 2.24) is 10.3 Å². The van der Waals surface area contributed by atoms with Crippen LogP contribution in [-0.2, 0) is 0 Å². The molecule has 0 atom stereocenters. The molecule has 0 aliphatic heterocycles. The maximum atomic E-state index is 12.7. The van der Waals surface area contributed by atoms with E-state index in [9.17, 15) is 9.18 Å². The van der Waals surface area contributed by atoms with Gasteiger partial charge in [-0.05, 0) is 12.5 Å². The van der Waals surface area contributed by atoms with Crippen LogP contribution in [0.5, 0.6) is 0 Å². The summed E-state index contributed by atoms with van der Waals surface area (Å²) in [6.45, 7) is 0.493. The minimum Gasteiger partial charge on any atom is -0.352 e. The molecule has 1 N–H and O–H groups in total. The third kappa shape index (κ3) is 3.77. The number of pyridine rings is 1. The summed E-state index contributed by atoms with van der Waals surface area (Å²) in [5.74, 6) is 1.50. The molecule has 0 aliphatic rings. The number of hydrogen-bond acceptors (Lipinski definition) is 2. The van der Waals surface area contributed by atoms with E-state index in [1.54, 1.807) is 0 Å². The molecule has 3 nitrogen and oxygen atoms in total. The summed E-state index contributed by atoms with van der Waals surface area (Å²) < 4.78 is 12.7. The van der Waals surface area contributed by atoms with Gasteiger partial charge in [0, 0.05) is 30.8 Å². The maximum absolute atomic E-state index is 12.7. The summed E-state index contributed by atoms with van der Waals surface area (Å²) in [6, 6.07) is 2.55. The van der Waals surface area contributed by atoms with Crippen molar-refractivity contribution in [2.24, 2.45) is 0 Å². The van der Waals surface area contributed by atoms with E-state index in [0.29, 0.717) is 13.0 Å². The highest BCUT2D eigenvalue weighted by Crippen LogP contribution is 2.00. The Bertz CT molecular complexity index is 384. The molecule has 0 fully saturated rings. The number of aromatic nitrogens is 1. The third-order valence-electron chi connectivity index (χ3n) is 1.77. The molecule has 0 aromatic carbocycles. The van der Waals surface area contributed by atoms with Crippen LogP contribution in [0.4, 0.5) is 4.39 Å². The van der Waals surface area contributed by atoms with Crippen molar-refractivity contribution in [2.75, 3.05) is 6.54 Å². The molecule has 0 unspecified atom stereocenters. The van der Waals surface area contributed by atoms with Gasteiger partial charge in [-0.1, -0.05) is 0 Å². The number of unbranched alkanes of at least 4 members (excludes halogenated alkanes) is 1. The van der Waals surface area contributed by atoms with Gasteiger partial charge in [-0.2, -0.15) is 4.39 Å². The number of hydrogen-bond donors (Lipinski definition) is 1. The number of carbonyl (C=O) groups excluding carboxylic acids is 1. The monoisotopic (exact) mass is 206 g/mol. The van der Waals surface area contributed by atoms with Gasteiger partial charge in [0.15, 0.2) is 0 Å². The van der Waals surface area contributed by atoms with Crippen molar-refractivity contribution >= 4 is 5.91 Å². The molecule has 1 heterocycles. The topological polar surface area (TPSA) is 42.0 Å². The Morgan fingerprint density at radius 2 is 2.47 bits per heavy atom. The molecule has 4 heteroatoms. The average molecular weight is 206 g/mol. The van der Waals surface area contributed by atoms with E-state index < -0.39 is 5.95 Å². The zero-order valence-electron chi connectivity index (χ0n) is 8.16. The summed E-state index contributed by atoms with van der Waals surface area (Å²) in [4.78, 5) is 14.8. The zero-order valence-corrected chi connectivity index (χ0v) is 8.16. The number of amides is 1. The SMILES string of the molecule is C#CCCCNC(=O)c1ccnc(F)c1. The number of nitrogens with zero attached hydrogens (tertiary/aromatic N) is 1. The lowest BCUT2D eigenvalue weighted by Crippen LogP contribution is -2.24. The van der Waals surface area contributed by atoms with E-state index in [4.69, 9.17) is 6.42 Å². The van der Waals surface area contributed by atoms with Crippen LogP contribution in [0, 0.1) is 18.3 Å². The van der Waals surface area contributed by atoms with Crippen molar-refractivity contribution in [3.05, 3.63) is 29.8 Å². The standard InChI is InChI=1S/C11H11FN2O/c1-2-3-4-6-14-11(15)9-5-7-13-10(12)8-9/h1,5,7-8H,3-4,6H2,(H,14,15). The summed E-state index contributed by atoms with van der Waals surface area (Å²) >= 11 is 0. The fourth-order valence-electron chi connectivity index (χ4n) is 1.04. The molecule has 1 aromatic heterocycles. The van der Waals surface area contributed by atoms with E-state index in [0.717, 1.165) is 12.5 Å². The number of nitrogens with one attached hydrogen (secondary N) is 1. The third-order valence-corrected chi connectivity index (χ3v) is 1.77. The fourth-order valence-corrected chi connectivity index (χ4v) is 1.04. The molecule has 0 bridgehead atoms. The molecule has 0 saturated carbocycles. The van der Waals surface area contributed by atoms with E-state index in [1.807, 2.05) is 0 Å². The van der Waals surface area contributed by atoms with Crippen LogP contribution in [0.15, 0.2) is 18.3 Å². The van der Waals surface area contributed by atoms with Gasteiger partial charge in [-0.25, -0.2) is 4.98 Å². The fraction of sp³-hybridized carbons (Fsp3) is 0.273. The number of halogens is 1. The van der Waals surface area contributed by atoms with Gasteiger partial charge >= 0.3 is 0 Å². The van der Waals surface area contributed by atoms with Gasteiger partial charge < -0.3 is 5.32 Å². The van der Waals surface area contributed by atoms with Crippen LogP contribution in [0.3, 0.4) is 0 Å². The van der Waals surface area contributed by atoms with Crippen LogP contribution in [0.1, 0.15) is 23.2 Å². The Labute approximate surface area is 87.7 Å². The first-order valence-electron chi connectivity index (χ1n) is 4.57. The highest BCUT2D eigenvalue weighted by molar-refractivity contribution is 5.93. The highest BCUT2D eigenvalue weighted by atomic mass is 19.1. The minimum absolute atomic E-state index is 0.267. The smallest absolute Gasteiger partial charge is 0.251 e. The summed E-state index contributed by atoms with van der Waals surface area (Å²) in [5, 5.41) is 2.63. The Morgan fingerprint density at radius 3 is 3.13 bits per heavy atom. The highest BCUT2D eigenvalue weighted by Gasteiger charge is 2.05. The number of carbonyl (C=O) groups is 1. The van der Waals surface area contributed by atoms with E-state index >= 15 is 0 Å². The largest absolute Gasteiger partial charge is 0.352 e. The molecule has 78 valence electrons. The van der Waals surface area contributed by atoms with Gasteiger partial charge in [-0.3, -0.25) is 4.79 Å². The molecular formula is C11H11FN2O. The van der Waals surface area contributed by atoms with Crippen LogP contribution < -0.4 is 5.32 Å². The first-order chi connectivity index (χ1) is 7.24. The molecule has 1 aromatic rings. The lowest BCUT2D eigenvalue weighted by molar-refractivity contribution is 0.0952. The molecule has 15 heavy (non-hydrogen) atoms. The van der Waals surface area contributed by atoms with Gasteiger partial charge in [0.05, 0.1) is 0 Å². The molecule has 0 spiro atoms. The Morgan fingerprint density at radius 1 is 1.67 bits per heavy atom. The summed E-state index contributed by atoms with van der Waals surface area (Å²) in [6.07, 6.45) is 7.65. The summed E-state index contributed by atoms with van der Waals surface area (Å²) in [7, 11) is 0. The van der Waals surface area contributed by atoms with Gasteiger partial charge in [0.1, 0.15) is 0 Å². The van der Waals surface area contributed by atoms with Crippen molar-refractivity contribution in [3.63, 3.8) is 0 Å². The first kappa shape index (κ1) is 11.2. The second-order valence-corrected chi connectivity index (χ2v) is 2.93. The second kappa shape index (κ2) is 5.76. The minimum atomic E-state index is -0.661. The lowest BCUT2D eigenvalue weighted by Gasteiger charge is -2.03. The Kier molecular flexibility index (Phi) is 4.30. The van der Waals surface area contributed by atoms with Crippen LogP contribution in [-0.4, -0.2) is 17.4 Å². The number of terminal acetylenes is 1. The van der Waals surface area contributed by atoms with Crippen LogP contribution in [0.25, 0.3) is 0 Å². The maximum Gasteiger partial charge on any atom is 0.251 e. The summed E-state index contributed by atoms with van der Waals surface area (Å²) in [5.41, 5.74) is 0.267. The van der Waals surface area contributed by atoms with Crippen molar-refractivity contribution in [2.45, 2.75) is 12.8 Å². The molecule has 0 saturated heterocycles. The van der Waals surface area contributed by atoms with Crippen LogP contribution >= 0.6 is 0 Å². The Balaban J connectivity index is 2.44. The predicted octanol–water partition coefficient (Wildman–Crippen LogP) is 1.36. The van der Waals surface area contributed by atoms with Gasteiger partial charge in [0.25, 0.3) is 5.91 Å². The zero-order chi connectivity index (χ0) is 11.1. The Hall–Kier alpha value is -1.89. The molecule has 0 aliphatic carbocycles. The normalized spacial score (nSPS) is 9.33. The average Bonchev–Trinajstić information content (AvgIpc) is 2.24. The van der Waals surface area contributed by atoms with E-state index in [2.05, 4.69) is 16.2 Å². The molecular weight excluding hydrogens is 195 g/mol. The number of rotatable bonds is 4. The first-order valence-corrected chi connectivity index (χ1v) is 4.57. The molecule has 0 radical (unpaired) electrons. The predicted molar refractivity (Wildman–Crippen MR) is 54.6 cm³/mol. The molecule has 1 amide bonds. The lowest BCUT2D eigenvalue weighted by atomic mass is 10.2. The quantitative estimate of drug-likeness (QED) is 0.459. The van der Waals surface area contributed by atoms with Crippen molar-refractivity contribution in [3.8, 4) is 12.3 Å². The van der Waals surface area contributed by atoms with Crippen molar-refractivity contribution in [1.29, 1.82) is 0 Å². The molecule has 1 rings (SSSR count).